The Morgan fingerprint density at radius 1 is 1.26 bits per heavy atom. The maximum atomic E-state index is 11.4. The van der Waals surface area contributed by atoms with E-state index in [1.165, 1.54) is 10.6 Å². The Balaban J connectivity index is 1.89. The van der Waals surface area contributed by atoms with E-state index in [0.717, 1.165) is 31.9 Å². The number of amides is 2. The van der Waals surface area contributed by atoms with Gasteiger partial charge in [0.2, 0.25) is 0 Å². The van der Waals surface area contributed by atoms with Crippen LogP contribution < -0.4 is 10.2 Å². The third-order valence-electron chi connectivity index (χ3n) is 3.16. The van der Waals surface area contributed by atoms with Crippen LogP contribution in [0, 0.1) is 0 Å². The van der Waals surface area contributed by atoms with Crippen LogP contribution in [-0.2, 0) is 11.3 Å². The number of rotatable bonds is 3. The van der Waals surface area contributed by atoms with Gasteiger partial charge in [0.25, 0.3) is 0 Å². The zero-order valence-corrected chi connectivity index (χ0v) is 11.6. The van der Waals surface area contributed by atoms with Crippen molar-refractivity contribution >= 4 is 11.7 Å². The van der Waals surface area contributed by atoms with Gasteiger partial charge in [0.15, 0.2) is 0 Å². The van der Waals surface area contributed by atoms with Crippen LogP contribution in [0.15, 0.2) is 24.3 Å². The fourth-order valence-electron chi connectivity index (χ4n) is 1.98. The fourth-order valence-corrected chi connectivity index (χ4v) is 1.98. The number of carbonyl (C=O) groups is 1. The van der Waals surface area contributed by atoms with Crippen LogP contribution in [-0.4, -0.2) is 51.3 Å². The molecule has 1 fully saturated rings. The van der Waals surface area contributed by atoms with Gasteiger partial charge in [-0.1, -0.05) is 12.1 Å². The molecule has 0 unspecified atom stereocenters. The first-order chi connectivity index (χ1) is 9.16. The molecule has 1 aliphatic heterocycles. The average molecular weight is 263 g/mol. The molecule has 19 heavy (non-hydrogen) atoms. The molecule has 0 radical (unpaired) electrons. The lowest BCUT2D eigenvalue weighted by Crippen LogP contribution is -2.36. The van der Waals surface area contributed by atoms with Gasteiger partial charge in [0.1, 0.15) is 0 Å². The molecule has 1 aromatic carbocycles. The van der Waals surface area contributed by atoms with Crippen molar-refractivity contribution in [2.75, 3.05) is 45.3 Å². The standard InChI is InChI=1S/C14H21N3O2/c1-16(2)14(18)15-11-12-3-5-13(6-4-12)17-7-9-19-10-8-17/h3-6H,7-11H2,1-2H3,(H,15,18). The first-order valence-electron chi connectivity index (χ1n) is 6.53. The van der Waals surface area contributed by atoms with E-state index in [2.05, 4.69) is 34.5 Å². The second-order valence-electron chi connectivity index (χ2n) is 4.82. The minimum absolute atomic E-state index is 0.0720. The van der Waals surface area contributed by atoms with Crippen molar-refractivity contribution in [3.63, 3.8) is 0 Å². The summed E-state index contributed by atoms with van der Waals surface area (Å²) >= 11 is 0. The SMILES string of the molecule is CN(C)C(=O)NCc1ccc(N2CCOCC2)cc1. The van der Waals surface area contributed by atoms with Crippen LogP contribution in [0.1, 0.15) is 5.56 Å². The highest BCUT2D eigenvalue weighted by molar-refractivity contribution is 5.73. The maximum Gasteiger partial charge on any atom is 0.317 e. The van der Waals surface area contributed by atoms with E-state index < -0.39 is 0 Å². The second-order valence-corrected chi connectivity index (χ2v) is 4.82. The number of hydrogen-bond donors (Lipinski definition) is 1. The predicted molar refractivity (Wildman–Crippen MR) is 75.4 cm³/mol. The summed E-state index contributed by atoms with van der Waals surface area (Å²) < 4.78 is 5.34. The first kappa shape index (κ1) is 13.7. The van der Waals surface area contributed by atoms with Crippen LogP contribution in [0.3, 0.4) is 0 Å². The summed E-state index contributed by atoms with van der Waals surface area (Å²) in [6.07, 6.45) is 0. The normalized spacial score (nSPS) is 15.2. The van der Waals surface area contributed by atoms with Gasteiger partial charge >= 0.3 is 6.03 Å². The Labute approximate surface area is 114 Å². The third-order valence-corrected chi connectivity index (χ3v) is 3.16. The van der Waals surface area contributed by atoms with Gasteiger partial charge in [-0.15, -0.1) is 0 Å². The van der Waals surface area contributed by atoms with Crippen molar-refractivity contribution in [1.29, 1.82) is 0 Å². The molecule has 5 nitrogen and oxygen atoms in total. The predicted octanol–water partition coefficient (Wildman–Crippen LogP) is 1.29. The maximum absolute atomic E-state index is 11.4. The van der Waals surface area contributed by atoms with Crippen molar-refractivity contribution in [3.05, 3.63) is 29.8 Å². The fraction of sp³-hybridized carbons (Fsp3) is 0.500. The second kappa shape index (κ2) is 6.43. The Hall–Kier alpha value is -1.75. The van der Waals surface area contributed by atoms with Crippen LogP contribution in [0.4, 0.5) is 10.5 Å². The zero-order valence-electron chi connectivity index (χ0n) is 11.6. The molecule has 104 valence electrons. The molecule has 0 atom stereocenters. The number of ether oxygens (including phenoxy) is 1. The van der Waals surface area contributed by atoms with Gasteiger partial charge in [0, 0.05) is 39.4 Å². The number of morpholine rings is 1. The quantitative estimate of drug-likeness (QED) is 0.894. The van der Waals surface area contributed by atoms with Gasteiger partial charge < -0.3 is 19.9 Å². The van der Waals surface area contributed by atoms with Crippen LogP contribution in [0.25, 0.3) is 0 Å². The highest BCUT2D eigenvalue weighted by Crippen LogP contribution is 2.16. The minimum Gasteiger partial charge on any atom is -0.378 e. The zero-order chi connectivity index (χ0) is 13.7. The van der Waals surface area contributed by atoms with Crippen molar-refractivity contribution < 1.29 is 9.53 Å². The molecule has 1 saturated heterocycles. The Bertz CT molecular complexity index is 411. The Morgan fingerprint density at radius 2 is 1.89 bits per heavy atom. The molecular weight excluding hydrogens is 242 g/mol. The molecule has 5 heteroatoms. The summed E-state index contributed by atoms with van der Waals surface area (Å²) in [6, 6.07) is 8.24. The molecule has 0 spiro atoms. The molecule has 0 bridgehead atoms. The van der Waals surface area contributed by atoms with Gasteiger partial charge in [-0.3, -0.25) is 0 Å². The molecule has 2 rings (SSSR count). The van der Waals surface area contributed by atoms with Crippen molar-refractivity contribution in [2.24, 2.45) is 0 Å². The van der Waals surface area contributed by atoms with Crippen molar-refractivity contribution in [1.82, 2.24) is 10.2 Å². The molecule has 0 aliphatic carbocycles. The molecule has 0 aromatic heterocycles. The molecule has 0 saturated carbocycles. The molecule has 2 amide bonds. The molecule has 1 heterocycles. The van der Waals surface area contributed by atoms with Crippen LogP contribution >= 0.6 is 0 Å². The van der Waals surface area contributed by atoms with Crippen LogP contribution in [0.5, 0.6) is 0 Å². The highest BCUT2D eigenvalue weighted by Gasteiger charge is 2.10. The number of nitrogens with zero attached hydrogens (tertiary/aromatic N) is 2. The van der Waals surface area contributed by atoms with Gasteiger partial charge in [-0.05, 0) is 17.7 Å². The Kier molecular flexibility index (Phi) is 4.63. The third kappa shape index (κ3) is 3.86. The molecule has 1 N–H and O–H groups in total. The van der Waals surface area contributed by atoms with E-state index in [1.54, 1.807) is 14.1 Å². The number of nitrogens with one attached hydrogen (secondary N) is 1. The van der Waals surface area contributed by atoms with E-state index >= 15 is 0 Å². The van der Waals surface area contributed by atoms with Crippen LogP contribution in [0.2, 0.25) is 0 Å². The summed E-state index contributed by atoms with van der Waals surface area (Å²) in [5.74, 6) is 0. The summed E-state index contributed by atoms with van der Waals surface area (Å²) in [5, 5.41) is 2.85. The number of carbonyl (C=O) groups excluding carboxylic acids is 1. The lowest BCUT2D eigenvalue weighted by Gasteiger charge is -2.28. The van der Waals surface area contributed by atoms with E-state index in [-0.39, 0.29) is 6.03 Å². The van der Waals surface area contributed by atoms with E-state index in [1.807, 2.05) is 0 Å². The van der Waals surface area contributed by atoms with E-state index in [4.69, 9.17) is 4.74 Å². The lowest BCUT2D eigenvalue weighted by molar-refractivity contribution is 0.122. The highest BCUT2D eigenvalue weighted by atomic mass is 16.5. The largest absolute Gasteiger partial charge is 0.378 e. The summed E-state index contributed by atoms with van der Waals surface area (Å²) in [6.45, 7) is 4.02. The van der Waals surface area contributed by atoms with Crippen molar-refractivity contribution in [2.45, 2.75) is 6.54 Å². The number of urea groups is 1. The first-order valence-corrected chi connectivity index (χ1v) is 6.53. The lowest BCUT2D eigenvalue weighted by atomic mass is 10.2. The minimum atomic E-state index is -0.0720. The Morgan fingerprint density at radius 3 is 2.47 bits per heavy atom. The summed E-state index contributed by atoms with van der Waals surface area (Å²) in [5.41, 5.74) is 2.32. The summed E-state index contributed by atoms with van der Waals surface area (Å²) in [4.78, 5) is 15.3. The summed E-state index contributed by atoms with van der Waals surface area (Å²) in [7, 11) is 3.47. The van der Waals surface area contributed by atoms with Gasteiger partial charge in [0.05, 0.1) is 13.2 Å². The van der Waals surface area contributed by atoms with Gasteiger partial charge in [-0.2, -0.15) is 0 Å². The molecule has 1 aromatic rings. The monoisotopic (exact) mass is 263 g/mol. The molecule has 1 aliphatic rings. The number of benzene rings is 1. The number of anilines is 1. The molecular formula is C14H21N3O2. The smallest absolute Gasteiger partial charge is 0.317 e. The average Bonchev–Trinajstić information content (AvgIpc) is 2.46. The van der Waals surface area contributed by atoms with E-state index in [0.29, 0.717) is 6.54 Å². The topological polar surface area (TPSA) is 44.8 Å². The van der Waals surface area contributed by atoms with E-state index in [9.17, 15) is 4.79 Å². The van der Waals surface area contributed by atoms with Gasteiger partial charge in [-0.25, -0.2) is 4.79 Å². The van der Waals surface area contributed by atoms with Crippen molar-refractivity contribution in [3.8, 4) is 0 Å². The number of hydrogen-bond acceptors (Lipinski definition) is 3.